The molecule has 0 aromatic heterocycles. The molecule has 7 heteroatoms. The number of anilines is 1. The number of nitrogens with one attached hydrogen (secondary N) is 3. The van der Waals surface area contributed by atoms with Crippen LogP contribution in [0.25, 0.3) is 0 Å². The summed E-state index contributed by atoms with van der Waals surface area (Å²) in [4.78, 5) is 12.4. The van der Waals surface area contributed by atoms with Crippen molar-refractivity contribution in [2.45, 2.75) is 24.3 Å². The second kappa shape index (κ2) is 7.25. The van der Waals surface area contributed by atoms with Crippen LogP contribution in [0.3, 0.4) is 0 Å². The first-order chi connectivity index (χ1) is 11.9. The molecular weight excluding hydrogens is 338 g/mol. The molecule has 1 amide bonds. The van der Waals surface area contributed by atoms with Crippen LogP contribution in [-0.4, -0.2) is 33.5 Å². The number of sulfonamides is 1. The van der Waals surface area contributed by atoms with Crippen molar-refractivity contribution < 1.29 is 13.2 Å². The normalized spacial score (nSPS) is 17.2. The molecule has 3 N–H and O–H groups in total. The van der Waals surface area contributed by atoms with E-state index in [0.717, 1.165) is 25.1 Å². The summed E-state index contributed by atoms with van der Waals surface area (Å²) in [6.07, 6.45) is 0.874. The van der Waals surface area contributed by atoms with Crippen molar-refractivity contribution in [3.05, 3.63) is 59.7 Å². The quantitative estimate of drug-likeness (QED) is 0.761. The van der Waals surface area contributed by atoms with Crippen LogP contribution in [0.2, 0.25) is 0 Å². The highest BCUT2D eigenvalue weighted by atomic mass is 32.2. The molecule has 1 fully saturated rings. The van der Waals surface area contributed by atoms with E-state index in [1.165, 1.54) is 12.1 Å². The van der Waals surface area contributed by atoms with Crippen LogP contribution in [0, 0.1) is 6.92 Å². The van der Waals surface area contributed by atoms with Crippen molar-refractivity contribution in [1.29, 1.82) is 0 Å². The topological polar surface area (TPSA) is 87.3 Å². The smallest absolute Gasteiger partial charge is 0.261 e. The largest absolute Gasteiger partial charge is 0.348 e. The van der Waals surface area contributed by atoms with E-state index in [4.69, 9.17) is 0 Å². The molecule has 0 bridgehead atoms. The lowest BCUT2D eigenvalue weighted by Gasteiger charge is -2.13. The number of amides is 1. The lowest BCUT2D eigenvalue weighted by atomic mass is 10.2. The van der Waals surface area contributed by atoms with Gasteiger partial charge in [0.25, 0.3) is 15.9 Å². The molecule has 2 aromatic rings. The van der Waals surface area contributed by atoms with Gasteiger partial charge >= 0.3 is 0 Å². The van der Waals surface area contributed by atoms with Crippen LogP contribution in [0.5, 0.6) is 0 Å². The van der Waals surface area contributed by atoms with Crippen molar-refractivity contribution in [1.82, 2.24) is 10.6 Å². The molecule has 3 rings (SSSR count). The molecule has 0 spiro atoms. The van der Waals surface area contributed by atoms with Crippen LogP contribution in [0.1, 0.15) is 22.3 Å². The van der Waals surface area contributed by atoms with Gasteiger partial charge in [0.1, 0.15) is 0 Å². The maximum atomic E-state index is 12.6. The maximum absolute atomic E-state index is 12.6. The zero-order valence-corrected chi connectivity index (χ0v) is 14.8. The molecule has 2 aromatic carbocycles. The minimum Gasteiger partial charge on any atom is -0.348 e. The lowest BCUT2D eigenvalue weighted by molar-refractivity contribution is 0.0940. The van der Waals surface area contributed by atoms with Crippen molar-refractivity contribution in [2.24, 2.45) is 0 Å². The number of rotatable bonds is 5. The van der Waals surface area contributed by atoms with E-state index in [0.29, 0.717) is 11.3 Å². The van der Waals surface area contributed by atoms with Crippen LogP contribution >= 0.6 is 0 Å². The Labute approximate surface area is 147 Å². The molecule has 1 aliphatic heterocycles. The third kappa shape index (κ3) is 4.37. The molecule has 1 saturated heterocycles. The van der Waals surface area contributed by atoms with E-state index in [1.807, 2.05) is 13.0 Å². The molecule has 132 valence electrons. The Balaban J connectivity index is 1.78. The zero-order valence-electron chi connectivity index (χ0n) is 14.0. The van der Waals surface area contributed by atoms with Gasteiger partial charge in [0.05, 0.1) is 4.90 Å². The first-order valence-corrected chi connectivity index (χ1v) is 9.63. The minimum atomic E-state index is -3.76. The van der Waals surface area contributed by atoms with Gasteiger partial charge in [-0.15, -0.1) is 0 Å². The number of carbonyl (C=O) groups is 1. The molecule has 0 radical (unpaired) electrons. The number of carbonyl (C=O) groups excluding carboxylic acids is 1. The molecule has 1 heterocycles. The second-order valence-electron chi connectivity index (χ2n) is 6.17. The monoisotopic (exact) mass is 359 g/mol. The van der Waals surface area contributed by atoms with E-state index >= 15 is 0 Å². The summed E-state index contributed by atoms with van der Waals surface area (Å²) >= 11 is 0. The molecule has 6 nitrogen and oxygen atoms in total. The highest BCUT2D eigenvalue weighted by molar-refractivity contribution is 7.92. The highest BCUT2D eigenvalue weighted by Gasteiger charge is 2.20. The predicted octanol–water partition coefficient (Wildman–Crippen LogP) is 1.89. The fourth-order valence-electron chi connectivity index (χ4n) is 2.77. The molecule has 1 unspecified atom stereocenters. The van der Waals surface area contributed by atoms with Gasteiger partial charge in [0.15, 0.2) is 0 Å². The van der Waals surface area contributed by atoms with E-state index in [9.17, 15) is 13.2 Å². The third-order valence-corrected chi connectivity index (χ3v) is 5.45. The van der Waals surface area contributed by atoms with Gasteiger partial charge in [-0.25, -0.2) is 8.42 Å². The summed E-state index contributed by atoms with van der Waals surface area (Å²) in [5.74, 6) is -0.263. The van der Waals surface area contributed by atoms with Gasteiger partial charge in [-0.1, -0.05) is 18.2 Å². The number of benzene rings is 2. The van der Waals surface area contributed by atoms with Gasteiger partial charge in [-0.05, 0) is 55.8 Å². The summed E-state index contributed by atoms with van der Waals surface area (Å²) in [5.41, 5.74) is 1.78. The molecular formula is C18H21N3O3S. The van der Waals surface area contributed by atoms with Crippen molar-refractivity contribution in [3.8, 4) is 0 Å². The van der Waals surface area contributed by atoms with E-state index in [2.05, 4.69) is 15.4 Å². The van der Waals surface area contributed by atoms with Gasteiger partial charge in [-0.2, -0.15) is 0 Å². The Morgan fingerprint density at radius 3 is 2.68 bits per heavy atom. The van der Waals surface area contributed by atoms with Crippen molar-refractivity contribution in [3.63, 3.8) is 0 Å². The third-order valence-electron chi connectivity index (χ3n) is 4.07. The maximum Gasteiger partial charge on any atom is 0.261 e. The van der Waals surface area contributed by atoms with Crippen molar-refractivity contribution in [2.75, 3.05) is 17.8 Å². The predicted molar refractivity (Wildman–Crippen MR) is 97.2 cm³/mol. The summed E-state index contributed by atoms with van der Waals surface area (Å²) in [6, 6.07) is 13.3. The average molecular weight is 359 g/mol. The molecule has 1 atom stereocenters. The molecule has 25 heavy (non-hydrogen) atoms. The summed E-state index contributed by atoms with van der Waals surface area (Å²) in [7, 11) is -3.76. The van der Waals surface area contributed by atoms with Crippen LogP contribution in [-0.2, 0) is 10.0 Å². The average Bonchev–Trinajstić information content (AvgIpc) is 3.07. The molecule has 0 saturated carbocycles. The van der Waals surface area contributed by atoms with Crippen LogP contribution in [0.15, 0.2) is 53.4 Å². The van der Waals surface area contributed by atoms with E-state index in [-0.39, 0.29) is 16.8 Å². The summed E-state index contributed by atoms with van der Waals surface area (Å²) in [5, 5.41) is 6.09. The van der Waals surface area contributed by atoms with Gasteiger partial charge in [0.2, 0.25) is 0 Å². The lowest BCUT2D eigenvalue weighted by Crippen LogP contribution is -2.36. The minimum absolute atomic E-state index is 0.0613. The van der Waals surface area contributed by atoms with E-state index in [1.54, 1.807) is 30.3 Å². The summed E-state index contributed by atoms with van der Waals surface area (Å²) < 4.78 is 27.7. The Kier molecular flexibility index (Phi) is 5.06. The van der Waals surface area contributed by atoms with Gasteiger partial charge in [0, 0.05) is 23.8 Å². The van der Waals surface area contributed by atoms with Gasteiger partial charge < -0.3 is 10.6 Å². The zero-order chi connectivity index (χ0) is 17.9. The van der Waals surface area contributed by atoms with Crippen LogP contribution < -0.4 is 15.4 Å². The number of hydrogen-bond acceptors (Lipinski definition) is 4. The Morgan fingerprint density at radius 1 is 1.16 bits per heavy atom. The first kappa shape index (κ1) is 17.4. The molecule has 0 aliphatic carbocycles. The van der Waals surface area contributed by atoms with Crippen molar-refractivity contribution >= 4 is 21.6 Å². The first-order valence-electron chi connectivity index (χ1n) is 8.15. The molecule has 1 aliphatic rings. The summed E-state index contributed by atoms with van der Waals surface area (Å²) in [6.45, 7) is 3.50. The fourth-order valence-corrected chi connectivity index (χ4v) is 3.87. The van der Waals surface area contributed by atoms with Gasteiger partial charge in [-0.3, -0.25) is 9.52 Å². The number of aryl methyl sites for hydroxylation is 1. The Bertz CT molecular complexity index is 875. The SMILES string of the molecule is Cc1cccc(NS(=O)(=O)c2cccc(C(=O)NC3CCNC3)c2)c1. The standard InChI is InChI=1S/C18H21N3O3S/c1-13-4-2-6-15(10-13)21-25(23,24)17-7-3-5-14(11-17)18(22)20-16-8-9-19-12-16/h2-7,10-11,16,19,21H,8-9,12H2,1H3,(H,20,22). The van der Waals surface area contributed by atoms with Crippen LogP contribution in [0.4, 0.5) is 5.69 Å². The Hall–Kier alpha value is -2.38. The Morgan fingerprint density at radius 2 is 1.96 bits per heavy atom. The highest BCUT2D eigenvalue weighted by Crippen LogP contribution is 2.18. The number of hydrogen-bond donors (Lipinski definition) is 3. The fraction of sp³-hybridized carbons (Fsp3) is 0.278. The van der Waals surface area contributed by atoms with E-state index < -0.39 is 10.0 Å². The second-order valence-corrected chi connectivity index (χ2v) is 7.85.